The van der Waals surface area contributed by atoms with Crippen LogP contribution in [0.5, 0.6) is 0 Å². The van der Waals surface area contributed by atoms with Crippen molar-refractivity contribution in [2.24, 2.45) is 9.98 Å². The minimum atomic E-state index is -4.69. The van der Waals surface area contributed by atoms with Crippen LogP contribution < -0.4 is 124 Å². The van der Waals surface area contributed by atoms with Crippen molar-refractivity contribution in [3.05, 3.63) is 71.5 Å². The molecule has 3 aliphatic rings. The van der Waals surface area contributed by atoms with Crippen LogP contribution >= 0.6 is 12.0 Å². The van der Waals surface area contributed by atoms with Crippen molar-refractivity contribution in [1.82, 2.24) is 15.5 Å². The Morgan fingerprint density at radius 3 is 2.15 bits per heavy atom. The number of amides is 2. The molecule has 2 amide bonds. The first-order chi connectivity index (χ1) is 38.1. The van der Waals surface area contributed by atoms with E-state index in [9.17, 15) is 27.8 Å². The van der Waals surface area contributed by atoms with Crippen LogP contribution in [0, 0.1) is 0 Å². The van der Waals surface area contributed by atoms with Crippen molar-refractivity contribution in [3.63, 3.8) is 0 Å². The summed E-state index contributed by atoms with van der Waals surface area (Å²) in [5, 5.41) is 20.5. The molecule has 1 saturated heterocycles. The SMILES string of the molecule is CN(C)CCCNC(=O)CCCCC[N+]1=C(/C=C/C=C2\N(CCCCCC(=O)NCCC[N+](C)(C)CCCCCCN=C=NCCC[N+]3(C)CCOCC3)c3ccc(S(=O)(=O)[O-])cc3C2(C)C)C(C)(C)c2cc(SOO[O-])ccc21.[K+].[K+]. The Balaban J connectivity index is 0.00000882. The van der Waals surface area contributed by atoms with Gasteiger partial charge in [-0.3, -0.25) is 14.6 Å². The van der Waals surface area contributed by atoms with Crippen LogP contribution in [0.2, 0.25) is 0 Å². The smallest absolute Gasteiger partial charge is 0.744 e. The molecule has 446 valence electrons. The molecule has 1 fully saturated rings. The maximum atomic E-state index is 13.0. The summed E-state index contributed by atoms with van der Waals surface area (Å²) in [6.45, 7) is 20.7. The summed E-state index contributed by atoms with van der Waals surface area (Å²) >= 11 is 0.859. The Labute approximate surface area is 581 Å². The molecule has 0 bridgehead atoms. The third kappa shape index (κ3) is 24.9. The number of benzene rings is 2. The Hall–Kier alpha value is -1.04. The standard InChI is InChI=1S/C60H95N9O9S2.2K/c1-59(2)51-46-49(79-78-77-72)28-30-53(51)66(37-17-12-14-26-57(70)63-34-21-36-65(5)6)55(59)24-20-25-56-60(3,4)52-47-50(80(73,74)75)29-31-54(52)67(56)38-18-13-15-27-58(71)64-35-23-40-68(7,8)39-19-11-10-16-32-61-48-62-33-22-41-69(9)42-44-76-45-43-69;;/h20,24-25,28-31,46-47H,10-19,21-23,26-27,32-45H2,1-9H3,(H-3,63,64,70,71,72,73,74,75);;/q;2*+1/p+1. The molecule has 0 aromatic heterocycles. The number of allylic oxidation sites excluding steroid dienone is 4. The third-order valence-electron chi connectivity index (χ3n) is 16.1. The van der Waals surface area contributed by atoms with E-state index in [0.29, 0.717) is 32.5 Å². The molecular formula is C60H96K2N9O9S2+3. The summed E-state index contributed by atoms with van der Waals surface area (Å²) in [5.41, 5.74) is 4.67. The van der Waals surface area contributed by atoms with Gasteiger partial charge in [0.15, 0.2) is 5.71 Å². The Morgan fingerprint density at radius 2 is 1.48 bits per heavy atom. The van der Waals surface area contributed by atoms with Crippen molar-refractivity contribution in [3.8, 4) is 0 Å². The number of unbranched alkanes of at least 4 members (excludes halogenated alkanes) is 7. The van der Waals surface area contributed by atoms with Crippen molar-refractivity contribution in [2.45, 2.75) is 145 Å². The van der Waals surface area contributed by atoms with Crippen LogP contribution in [0.15, 0.2) is 80.1 Å². The summed E-state index contributed by atoms with van der Waals surface area (Å²) in [6, 6.07) is 13.5. The molecule has 2 aromatic rings. The van der Waals surface area contributed by atoms with E-state index in [2.05, 4.69) is 117 Å². The van der Waals surface area contributed by atoms with Gasteiger partial charge < -0.3 is 43.9 Å². The van der Waals surface area contributed by atoms with Gasteiger partial charge in [0.2, 0.25) is 17.5 Å². The molecule has 22 heteroatoms. The van der Waals surface area contributed by atoms with Crippen molar-refractivity contribution in [2.75, 3.05) is 132 Å². The number of aliphatic imine (C=N–C) groups is 2. The Bertz CT molecular complexity index is 2600. The van der Waals surface area contributed by atoms with E-state index in [4.69, 9.17) is 4.74 Å². The zero-order valence-corrected chi connectivity index (χ0v) is 59.7. The number of hydrogen-bond acceptors (Lipinski definition) is 14. The van der Waals surface area contributed by atoms with E-state index in [1.807, 2.05) is 32.3 Å². The fourth-order valence-electron chi connectivity index (χ4n) is 11.2. The molecule has 0 aliphatic carbocycles. The zero-order valence-electron chi connectivity index (χ0n) is 51.8. The second-order valence-electron chi connectivity index (χ2n) is 24.1. The largest absolute Gasteiger partial charge is 1.00 e. The van der Waals surface area contributed by atoms with Crippen LogP contribution in [0.25, 0.3) is 0 Å². The van der Waals surface area contributed by atoms with Crippen LogP contribution in [0.3, 0.4) is 0 Å². The van der Waals surface area contributed by atoms with Gasteiger partial charge in [-0.05, 0) is 128 Å². The van der Waals surface area contributed by atoms with E-state index in [-0.39, 0.29) is 119 Å². The molecule has 2 N–H and O–H groups in total. The van der Waals surface area contributed by atoms with Gasteiger partial charge in [0.05, 0.1) is 88.9 Å². The fraction of sp³-hybridized carbons (Fsp3) is 0.667. The molecule has 5 rings (SSSR count). The zero-order chi connectivity index (χ0) is 58.2. The topological polar surface area (TPSA) is 200 Å². The third-order valence-corrected chi connectivity index (χ3v) is 17.5. The number of likely N-dealkylation sites (N-methyl/N-ethyl adjacent to an activating group) is 1. The van der Waals surface area contributed by atoms with Gasteiger partial charge in [-0.2, -0.15) is 8.91 Å². The second kappa shape index (κ2) is 37.7. The number of quaternary nitrogens is 2. The van der Waals surface area contributed by atoms with Gasteiger partial charge in [-0.15, -0.1) is 0 Å². The molecule has 2 aromatic carbocycles. The maximum Gasteiger partial charge on any atom is 1.00 e. The van der Waals surface area contributed by atoms with Crippen molar-refractivity contribution in [1.29, 1.82) is 0 Å². The number of hydrogen-bond donors (Lipinski definition) is 2. The molecule has 3 heterocycles. The number of ether oxygens (including phenoxy) is 1. The Kier molecular flexibility index (Phi) is 34.6. The molecule has 82 heavy (non-hydrogen) atoms. The number of carbonyl (C=O) groups excluding carboxylic acids is 2. The van der Waals surface area contributed by atoms with E-state index in [1.165, 1.54) is 18.6 Å². The average molecular weight is 1230 g/mol. The van der Waals surface area contributed by atoms with Gasteiger partial charge in [0.25, 0.3) is 0 Å². The van der Waals surface area contributed by atoms with Crippen molar-refractivity contribution >= 4 is 57.1 Å². The molecule has 0 spiro atoms. The van der Waals surface area contributed by atoms with E-state index in [0.717, 1.165) is 209 Å². The summed E-state index contributed by atoms with van der Waals surface area (Å²) in [6.07, 6.45) is 19.5. The summed E-state index contributed by atoms with van der Waals surface area (Å²) in [4.78, 5) is 39.1. The Morgan fingerprint density at radius 1 is 0.841 bits per heavy atom. The van der Waals surface area contributed by atoms with E-state index >= 15 is 0 Å². The van der Waals surface area contributed by atoms with E-state index < -0.39 is 20.9 Å². The van der Waals surface area contributed by atoms with Crippen LogP contribution in [0.4, 0.5) is 11.4 Å². The summed E-state index contributed by atoms with van der Waals surface area (Å²) < 4.78 is 51.3. The van der Waals surface area contributed by atoms with Gasteiger partial charge in [-0.1, -0.05) is 32.8 Å². The normalized spacial score (nSPS) is 16.6. The van der Waals surface area contributed by atoms with E-state index in [1.54, 1.807) is 6.07 Å². The van der Waals surface area contributed by atoms with Crippen LogP contribution in [-0.4, -0.2) is 182 Å². The number of nitrogens with zero attached hydrogens (tertiary/aromatic N) is 7. The monoisotopic (exact) mass is 1230 g/mol. The van der Waals surface area contributed by atoms with Gasteiger partial charge >= 0.3 is 103 Å². The second-order valence-corrected chi connectivity index (χ2v) is 26.3. The maximum absolute atomic E-state index is 13.0. The first kappa shape index (κ1) is 75.2. The number of rotatable bonds is 37. The average Bonchev–Trinajstić information content (AvgIpc) is 3.99. The van der Waals surface area contributed by atoms with Crippen molar-refractivity contribution < 1.29 is 158 Å². The quantitative estimate of drug-likeness (QED) is 0.0115. The predicted molar refractivity (Wildman–Crippen MR) is 316 cm³/mol. The molecule has 0 atom stereocenters. The van der Waals surface area contributed by atoms with Gasteiger partial charge in [0, 0.05) is 97.7 Å². The molecule has 0 radical (unpaired) electrons. The molecule has 0 unspecified atom stereocenters. The summed E-state index contributed by atoms with van der Waals surface area (Å²) in [5.74, 6) is 0.141. The van der Waals surface area contributed by atoms with Gasteiger partial charge in [0.1, 0.15) is 29.8 Å². The van der Waals surface area contributed by atoms with Crippen LogP contribution in [-0.2, 0) is 44.6 Å². The molecule has 3 aliphatic heterocycles. The number of carbonyl (C=O) groups is 2. The van der Waals surface area contributed by atoms with Gasteiger partial charge in [-0.25, -0.2) is 18.4 Å². The predicted octanol–water partition coefficient (Wildman–Crippen LogP) is 1.82. The summed E-state index contributed by atoms with van der Waals surface area (Å²) in [7, 11) is 6.19. The first-order valence-electron chi connectivity index (χ1n) is 29.3. The number of fused-ring (bicyclic) bond motifs is 2. The number of nitrogens with one attached hydrogen (secondary N) is 2. The minimum absolute atomic E-state index is 0. The van der Waals surface area contributed by atoms with Crippen LogP contribution in [0.1, 0.15) is 135 Å². The number of anilines is 1. The first-order valence-corrected chi connectivity index (χ1v) is 31.4. The fourth-order valence-corrected chi connectivity index (χ4v) is 12.1. The molecule has 0 saturated carbocycles. The molecular weight excluding hydrogens is 1130 g/mol. The number of morpholine rings is 1. The minimum Gasteiger partial charge on any atom is -0.744 e. The molecule has 18 nitrogen and oxygen atoms in total.